The molecule has 0 amide bonds. The van der Waals surface area contributed by atoms with Gasteiger partial charge in [-0.1, -0.05) is 45.4 Å². The molecule has 0 saturated heterocycles. The van der Waals surface area contributed by atoms with Gasteiger partial charge in [0.2, 0.25) is 0 Å². The van der Waals surface area contributed by atoms with Crippen molar-refractivity contribution in [1.82, 2.24) is 4.90 Å². The number of nitrogens with two attached hydrogens (primary N) is 1. The minimum atomic E-state index is 0.229. The van der Waals surface area contributed by atoms with Gasteiger partial charge in [-0.25, -0.2) is 0 Å². The summed E-state index contributed by atoms with van der Waals surface area (Å²) in [6.45, 7) is 11.5. The van der Waals surface area contributed by atoms with E-state index in [4.69, 9.17) is 10.2 Å². The van der Waals surface area contributed by atoms with Crippen LogP contribution in [0, 0.1) is 12.8 Å². The molecule has 0 fully saturated rings. The van der Waals surface area contributed by atoms with Gasteiger partial charge >= 0.3 is 0 Å². The smallest absolute Gasteiger partial charge is 0.134 e. The molecule has 3 heteroatoms. The maximum Gasteiger partial charge on any atom is 0.134 e. The summed E-state index contributed by atoms with van der Waals surface area (Å²) in [6.07, 6.45) is 1.19. The van der Waals surface area contributed by atoms with Crippen molar-refractivity contribution in [2.75, 3.05) is 19.6 Å². The average molecular weight is 288 g/mol. The molecule has 116 valence electrons. The van der Waals surface area contributed by atoms with E-state index in [1.54, 1.807) is 0 Å². The summed E-state index contributed by atoms with van der Waals surface area (Å²) in [5, 5.41) is 1.20. The van der Waals surface area contributed by atoms with Crippen molar-refractivity contribution < 1.29 is 4.42 Å². The fourth-order valence-electron chi connectivity index (χ4n) is 3.06. The monoisotopic (exact) mass is 288 g/mol. The first kappa shape index (κ1) is 16.1. The van der Waals surface area contributed by atoms with Crippen molar-refractivity contribution in [3.63, 3.8) is 0 Å². The van der Waals surface area contributed by atoms with E-state index in [2.05, 4.69) is 44.7 Å². The predicted octanol–water partition coefficient (Wildman–Crippen LogP) is 4.11. The Hall–Kier alpha value is -1.32. The Morgan fingerprint density at radius 1 is 1.24 bits per heavy atom. The zero-order valence-corrected chi connectivity index (χ0v) is 13.7. The van der Waals surface area contributed by atoms with Crippen LogP contribution in [0.5, 0.6) is 0 Å². The number of likely N-dealkylation sites (N-methyl/N-ethyl adjacent to an activating group) is 1. The number of para-hydroxylation sites is 1. The second kappa shape index (κ2) is 7.10. The summed E-state index contributed by atoms with van der Waals surface area (Å²) in [7, 11) is 0. The molecule has 2 rings (SSSR count). The molecule has 0 aliphatic heterocycles. The van der Waals surface area contributed by atoms with E-state index in [1.165, 1.54) is 17.4 Å². The Labute approximate surface area is 128 Å². The summed E-state index contributed by atoms with van der Waals surface area (Å²) in [6, 6.07) is 8.49. The molecule has 0 aliphatic rings. The van der Waals surface area contributed by atoms with Gasteiger partial charge in [-0.15, -0.1) is 0 Å². The van der Waals surface area contributed by atoms with Crippen LogP contribution in [-0.4, -0.2) is 24.5 Å². The maximum atomic E-state index is 6.13. The molecular weight excluding hydrogens is 260 g/mol. The van der Waals surface area contributed by atoms with Crippen LogP contribution in [0.1, 0.15) is 44.6 Å². The van der Waals surface area contributed by atoms with Gasteiger partial charge < -0.3 is 10.2 Å². The number of benzene rings is 1. The van der Waals surface area contributed by atoms with Gasteiger partial charge in [-0.2, -0.15) is 0 Å². The highest BCUT2D eigenvalue weighted by Crippen LogP contribution is 2.33. The number of rotatable bonds is 7. The van der Waals surface area contributed by atoms with E-state index in [1.807, 2.05) is 12.1 Å². The summed E-state index contributed by atoms with van der Waals surface area (Å²) in [5.74, 6) is 1.67. The molecule has 0 saturated carbocycles. The van der Waals surface area contributed by atoms with Gasteiger partial charge in [0.05, 0.1) is 6.04 Å². The van der Waals surface area contributed by atoms with Gasteiger partial charge in [0, 0.05) is 24.0 Å². The minimum absolute atomic E-state index is 0.229. The second-order valence-electron chi connectivity index (χ2n) is 5.92. The van der Waals surface area contributed by atoms with Gasteiger partial charge in [0.1, 0.15) is 11.3 Å². The molecule has 3 nitrogen and oxygen atoms in total. The summed E-state index contributed by atoms with van der Waals surface area (Å²) in [5.41, 5.74) is 8.36. The zero-order chi connectivity index (χ0) is 15.4. The highest BCUT2D eigenvalue weighted by molar-refractivity contribution is 5.82. The van der Waals surface area contributed by atoms with Crippen molar-refractivity contribution in [2.24, 2.45) is 11.7 Å². The summed E-state index contributed by atoms with van der Waals surface area (Å²) < 4.78 is 5.93. The van der Waals surface area contributed by atoms with Crippen LogP contribution in [0.15, 0.2) is 28.7 Å². The molecule has 1 heterocycles. The van der Waals surface area contributed by atoms with Crippen LogP contribution in [0.25, 0.3) is 11.0 Å². The Morgan fingerprint density at radius 2 is 1.95 bits per heavy atom. The van der Waals surface area contributed by atoms with Gasteiger partial charge in [-0.3, -0.25) is 4.90 Å². The third kappa shape index (κ3) is 3.30. The predicted molar refractivity (Wildman–Crippen MR) is 89.4 cm³/mol. The number of furan rings is 1. The fourth-order valence-corrected chi connectivity index (χ4v) is 3.06. The number of fused-ring (bicyclic) bond motifs is 1. The van der Waals surface area contributed by atoms with E-state index in [9.17, 15) is 0 Å². The van der Waals surface area contributed by atoms with Crippen LogP contribution in [0.4, 0.5) is 0 Å². The van der Waals surface area contributed by atoms with E-state index >= 15 is 0 Å². The third-order valence-corrected chi connectivity index (χ3v) is 4.47. The number of hydrogen-bond acceptors (Lipinski definition) is 3. The van der Waals surface area contributed by atoms with Crippen molar-refractivity contribution in [3.8, 4) is 0 Å². The first-order valence-electron chi connectivity index (χ1n) is 8.04. The normalized spacial score (nSPS) is 14.8. The molecule has 2 atom stereocenters. The molecule has 21 heavy (non-hydrogen) atoms. The minimum Gasteiger partial charge on any atom is -0.461 e. The topological polar surface area (TPSA) is 42.4 Å². The fraction of sp³-hybridized carbons (Fsp3) is 0.556. The molecule has 0 bridgehead atoms. The Balaban J connectivity index is 2.40. The molecule has 1 aromatic heterocycles. The zero-order valence-electron chi connectivity index (χ0n) is 13.7. The molecular formula is C18H28N2O. The number of nitrogens with zero attached hydrogens (tertiary/aromatic N) is 1. The molecule has 0 spiro atoms. The number of hydrogen-bond donors (Lipinski definition) is 1. The molecule has 2 N–H and O–H groups in total. The van der Waals surface area contributed by atoms with Crippen molar-refractivity contribution >= 4 is 11.0 Å². The third-order valence-electron chi connectivity index (χ3n) is 4.47. The summed E-state index contributed by atoms with van der Waals surface area (Å²) in [4.78, 5) is 2.48. The largest absolute Gasteiger partial charge is 0.461 e. The quantitative estimate of drug-likeness (QED) is 0.833. The Morgan fingerprint density at radius 3 is 2.57 bits per heavy atom. The SMILES string of the molecule is CCC(C)CN(CC)C(CN)c1c(C)oc2ccccc12. The lowest BCUT2D eigenvalue weighted by Gasteiger charge is -2.32. The van der Waals surface area contributed by atoms with Crippen LogP contribution in [0.2, 0.25) is 0 Å². The van der Waals surface area contributed by atoms with Crippen molar-refractivity contribution in [3.05, 3.63) is 35.6 Å². The molecule has 0 radical (unpaired) electrons. The van der Waals surface area contributed by atoms with E-state index < -0.39 is 0 Å². The lowest BCUT2D eigenvalue weighted by Crippen LogP contribution is -2.36. The lowest BCUT2D eigenvalue weighted by atomic mass is 9.99. The van der Waals surface area contributed by atoms with Crippen molar-refractivity contribution in [2.45, 2.75) is 40.2 Å². The first-order valence-corrected chi connectivity index (χ1v) is 8.04. The summed E-state index contributed by atoms with van der Waals surface area (Å²) >= 11 is 0. The first-order chi connectivity index (χ1) is 10.1. The Kier molecular flexibility index (Phi) is 5.43. The Bertz CT molecular complexity index is 576. The van der Waals surface area contributed by atoms with Crippen LogP contribution >= 0.6 is 0 Å². The van der Waals surface area contributed by atoms with Gasteiger partial charge in [-0.05, 0) is 25.5 Å². The molecule has 1 aromatic carbocycles. The van der Waals surface area contributed by atoms with Crippen molar-refractivity contribution in [1.29, 1.82) is 0 Å². The maximum absolute atomic E-state index is 6.13. The van der Waals surface area contributed by atoms with Gasteiger partial charge in [0.25, 0.3) is 0 Å². The average Bonchev–Trinajstić information content (AvgIpc) is 2.83. The molecule has 2 aromatic rings. The highest BCUT2D eigenvalue weighted by atomic mass is 16.3. The molecule has 0 aliphatic carbocycles. The van der Waals surface area contributed by atoms with Gasteiger partial charge in [0.15, 0.2) is 0 Å². The highest BCUT2D eigenvalue weighted by Gasteiger charge is 2.25. The second-order valence-corrected chi connectivity index (χ2v) is 5.92. The molecule has 2 unspecified atom stereocenters. The van der Waals surface area contributed by atoms with Crippen LogP contribution < -0.4 is 5.73 Å². The van der Waals surface area contributed by atoms with Crippen LogP contribution in [-0.2, 0) is 0 Å². The van der Waals surface area contributed by atoms with E-state index in [-0.39, 0.29) is 6.04 Å². The van der Waals surface area contributed by atoms with Crippen LogP contribution in [0.3, 0.4) is 0 Å². The van der Waals surface area contributed by atoms with E-state index in [0.29, 0.717) is 12.5 Å². The number of aryl methyl sites for hydroxylation is 1. The lowest BCUT2D eigenvalue weighted by molar-refractivity contribution is 0.182. The standard InChI is InChI=1S/C18H28N2O/c1-5-13(3)12-20(6-2)16(11-19)18-14(4)21-17-10-8-7-9-15(17)18/h7-10,13,16H,5-6,11-12,19H2,1-4H3. The van der Waals surface area contributed by atoms with E-state index in [0.717, 1.165) is 24.4 Å².